The molecule has 1 unspecified atom stereocenters. The molecule has 0 aliphatic carbocycles. The standard InChI is InChI=1S/C9H16N2O4/c1-3-4-7(8(12)13)11-9(14)10-5-6-15-2/h3,7H,1,4-6H2,2H3,(H,12,13)(H2,10,11,14). The van der Waals surface area contributed by atoms with Gasteiger partial charge in [-0.25, -0.2) is 9.59 Å². The fourth-order valence-electron chi connectivity index (χ4n) is 0.864. The molecule has 0 aliphatic rings. The lowest BCUT2D eigenvalue weighted by Gasteiger charge is -2.13. The highest BCUT2D eigenvalue weighted by atomic mass is 16.5. The van der Waals surface area contributed by atoms with E-state index in [0.29, 0.717) is 13.2 Å². The van der Waals surface area contributed by atoms with Crippen LogP contribution in [0.5, 0.6) is 0 Å². The molecule has 0 aromatic heterocycles. The summed E-state index contributed by atoms with van der Waals surface area (Å²) in [6.45, 7) is 4.13. The van der Waals surface area contributed by atoms with Crippen LogP contribution in [0.15, 0.2) is 12.7 Å². The van der Waals surface area contributed by atoms with Crippen LogP contribution in [0.3, 0.4) is 0 Å². The van der Waals surface area contributed by atoms with Crippen LogP contribution in [0.4, 0.5) is 4.79 Å². The molecule has 3 N–H and O–H groups in total. The second-order valence-corrected chi connectivity index (χ2v) is 2.81. The number of carbonyl (C=O) groups excluding carboxylic acids is 1. The highest BCUT2D eigenvalue weighted by molar-refractivity contribution is 5.82. The molecule has 0 bridgehead atoms. The summed E-state index contributed by atoms with van der Waals surface area (Å²) in [6, 6.07) is -1.47. The number of methoxy groups -OCH3 is 1. The normalized spacial score (nSPS) is 11.5. The minimum Gasteiger partial charge on any atom is -0.480 e. The number of amides is 2. The number of carboxylic acids is 1. The van der Waals surface area contributed by atoms with Gasteiger partial charge in [0.15, 0.2) is 0 Å². The van der Waals surface area contributed by atoms with Crippen LogP contribution in [0.2, 0.25) is 0 Å². The van der Waals surface area contributed by atoms with Gasteiger partial charge in [-0.05, 0) is 6.42 Å². The van der Waals surface area contributed by atoms with Gasteiger partial charge in [-0.3, -0.25) is 0 Å². The van der Waals surface area contributed by atoms with Crippen molar-refractivity contribution in [3.63, 3.8) is 0 Å². The van der Waals surface area contributed by atoms with Crippen LogP contribution in [0.1, 0.15) is 6.42 Å². The van der Waals surface area contributed by atoms with Gasteiger partial charge in [-0.2, -0.15) is 0 Å². The summed E-state index contributed by atoms with van der Waals surface area (Å²) < 4.78 is 4.72. The highest BCUT2D eigenvalue weighted by Gasteiger charge is 2.17. The Labute approximate surface area is 88.3 Å². The van der Waals surface area contributed by atoms with E-state index in [0.717, 1.165) is 0 Å². The number of rotatable bonds is 7. The molecular weight excluding hydrogens is 200 g/mol. The zero-order valence-corrected chi connectivity index (χ0v) is 8.66. The van der Waals surface area contributed by atoms with E-state index in [1.54, 1.807) is 0 Å². The molecule has 15 heavy (non-hydrogen) atoms. The predicted octanol–water partition coefficient (Wildman–Crippen LogP) is -0.0387. The number of carbonyl (C=O) groups is 2. The Morgan fingerprint density at radius 1 is 1.60 bits per heavy atom. The number of urea groups is 1. The van der Waals surface area contributed by atoms with E-state index >= 15 is 0 Å². The van der Waals surface area contributed by atoms with Gasteiger partial charge in [0.25, 0.3) is 0 Å². The van der Waals surface area contributed by atoms with Crippen LogP contribution in [-0.2, 0) is 9.53 Å². The van der Waals surface area contributed by atoms with Gasteiger partial charge in [-0.15, -0.1) is 6.58 Å². The fraction of sp³-hybridized carbons (Fsp3) is 0.556. The van der Waals surface area contributed by atoms with Crippen LogP contribution < -0.4 is 10.6 Å². The summed E-state index contributed by atoms with van der Waals surface area (Å²) in [7, 11) is 1.51. The molecule has 1 atom stereocenters. The van der Waals surface area contributed by atoms with Gasteiger partial charge < -0.3 is 20.5 Å². The molecule has 86 valence electrons. The Morgan fingerprint density at radius 3 is 2.73 bits per heavy atom. The molecule has 0 aliphatic heterocycles. The molecule has 0 aromatic rings. The van der Waals surface area contributed by atoms with Crippen molar-refractivity contribution >= 4 is 12.0 Å². The SMILES string of the molecule is C=CCC(NC(=O)NCCOC)C(=O)O. The summed E-state index contributed by atoms with van der Waals surface area (Å²) >= 11 is 0. The van der Waals surface area contributed by atoms with Crippen molar-refractivity contribution in [3.8, 4) is 0 Å². The zero-order chi connectivity index (χ0) is 11.7. The maximum absolute atomic E-state index is 11.1. The first-order valence-electron chi connectivity index (χ1n) is 4.48. The molecule has 0 heterocycles. The van der Waals surface area contributed by atoms with Gasteiger partial charge in [0, 0.05) is 13.7 Å². The number of hydrogen-bond donors (Lipinski definition) is 3. The average Bonchev–Trinajstić information content (AvgIpc) is 2.17. The molecule has 2 amide bonds. The van der Waals surface area contributed by atoms with Crippen molar-refractivity contribution in [3.05, 3.63) is 12.7 Å². The van der Waals surface area contributed by atoms with Gasteiger partial charge in [0.05, 0.1) is 6.61 Å². The Balaban J connectivity index is 3.89. The van der Waals surface area contributed by atoms with Crippen molar-refractivity contribution in [2.45, 2.75) is 12.5 Å². The van der Waals surface area contributed by atoms with Gasteiger partial charge in [0.1, 0.15) is 6.04 Å². The summed E-state index contributed by atoms with van der Waals surface area (Å²) in [6.07, 6.45) is 1.63. The Hall–Kier alpha value is -1.56. The van der Waals surface area contributed by atoms with Gasteiger partial charge in [0.2, 0.25) is 0 Å². The quantitative estimate of drug-likeness (QED) is 0.411. The molecule has 0 aromatic carbocycles. The van der Waals surface area contributed by atoms with Crippen LogP contribution in [0.25, 0.3) is 0 Å². The molecular formula is C9H16N2O4. The largest absolute Gasteiger partial charge is 0.480 e. The first kappa shape index (κ1) is 13.4. The van der Waals surface area contributed by atoms with E-state index in [2.05, 4.69) is 17.2 Å². The number of nitrogens with one attached hydrogen (secondary N) is 2. The molecule has 0 saturated heterocycles. The molecule has 6 heteroatoms. The molecule has 0 saturated carbocycles. The molecule has 0 fully saturated rings. The Bertz CT molecular complexity index is 230. The van der Waals surface area contributed by atoms with E-state index in [4.69, 9.17) is 9.84 Å². The molecule has 0 rings (SSSR count). The van der Waals surface area contributed by atoms with Crippen molar-refractivity contribution in [1.29, 1.82) is 0 Å². The van der Waals surface area contributed by atoms with Crippen LogP contribution >= 0.6 is 0 Å². The predicted molar refractivity (Wildman–Crippen MR) is 54.6 cm³/mol. The average molecular weight is 216 g/mol. The second-order valence-electron chi connectivity index (χ2n) is 2.81. The van der Waals surface area contributed by atoms with Crippen molar-refractivity contribution < 1.29 is 19.4 Å². The molecule has 6 nitrogen and oxygen atoms in total. The minimum atomic E-state index is -1.09. The van der Waals surface area contributed by atoms with E-state index in [9.17, 15) is 9.59 Å². The van der Waals surface area contributed by atoms with Gasteiger partial charge in [-0.1, -0.05) is 6.08 Å². The minimum absolute atomic E-state index is 0.188. The number of carboxylic acid groups (broad SMARTS) is 1. The van der Waals surface area contributed by atoms with Crippen molar-refractivity contribution in [2.75, 3.05) is 20.3 Å². The highest BCUT2D eigenvalue weighted by Crippen LogP contribution is 1.92. The second kappa shape index (κ2) is 7.81. The summed E-state index contributed by atoms with van der Waals surface area (Å²) in [5.74, 6) is -1.09. The zero-order valence-electron chi connectivity index (χ0n) is 8.66. The molecule has 0 spiro atoms. The smallest absolute Gasteiger partial charge is 0.326 e. The maximum Gasteiger partial charge on any atom is 0.326 e. The number of aliphatic carboxylic acids is 1. The summed E-state index contributed by atoms with van der Waals surface area (Å²) in [5, 5.41) is 13.5. The lowest BCUT2D eigenvalue weighted by atomic mass is 10.2. The topological polar surface area (TPSA) is 87.7 Å². The van der Waals surface area contributed by atoms with Crippen LogP contribution in [-0.4, -0.2) is 43.4 Å². The lowest BCUT2D eigenvalue weighted by molar-refractivity contribution is -0.139. The Kier molecular flexibility index (Phi) is 7.00. The number of ether oxygens (including phenoxy) is 1. The van der Waals surface area contributed by atoms with Gasteiger partial charge >= 0.3 is 12.0 Å². The fourth-order valence-corrected chi connectivity index (χ4v) is 0.864. The monoisotopic (exact) mass is 216 g/mol. The van der Waals surface area contributed by atoms with E-state index < -0.39 is 18.0 Å². The lowest BCUT2D eigenvalue weighted by Crippen LogP contribution is -2.46. The van der Waals surface area contributed by atoms with Crippen molar-refractivity contribution in [2.24, 2.45) is 0 Å². The Morgan fingerprint density at radius 2 is 2.27 bits per heavy atom. The van der Waals surface area contributed by atoms with Crippen molar-refractivity contribution in [1.82, 2.24) is 10.6 Å². The first-order chi connectivity index (χ1) is 7.11. The van der Waals surface area contributed by atoms with E-state index in [1.165, 1.54) is 13.2 Å². The summed E-state index contributed by atoms with van der Waals surface area (Å²) in [4.78, 5) is 21.8. The van der Waals surface area contributed by atoms with E-state index in [1.807, 2.05) is 0 Å². The molecule has 0 radical (unpaired) electrons. The first-order valence-corrected chi connectivity index (χ1v) is 4.48. The third-order valence-corrected chi connectivity index (χ3v) is 1.60. The maximum atomic E-state index is 11.1. The third-order valence-electron chi connectivity index (χ3n) is 1.60. The summed E-state index contributed by atoms with van der Waals surface area (Å²) in [5.41, 5.74) is 0. The van der Waals surface area contributed by atoms with E-state index in [-0.39, 0.29) is 6.42 Å². The van der Waals surface area contributed by atoms with Crippen LogP contribution in [0, 0.1) is 0 Å². The number of hydrogen-bond acceptors (Lipinski definition) is 3. The third kappa shape index (κ3) is 6.50.